The van der Waals surface area contributed by atoms with E-state index in [0.717, 1.165) is 26.1 Å². The van der Waals surface area contributed by atoms with Gasteiger partial charge in [-0.2, -0.15) is 17.4 Å². The second-order valence-electron chi connectivity index (χ2n) is 4.84. The fourth-order valence-electron chi connectivity index (χ4n) is 1.43. The molecule has 0 saturated carbocycles. The van der Waals surface area contributed by atoms with E-state index in [1.54, 1.807) is 7.05 Å². The maximum atomic E-state index is 11.9. The number of hydrogen-bond acceptors (Lipinski definition) is 5. The molecule has 7 nitrogen and oxygen atoms in total. The normalized spacial score (nSPS) is 12.5. The third-order valence-electron chi connectivity index (χ3n) is 2.70. The maximum Gasteiger partial charge on any atom is 0.279 e. The van der Waals surface area contributed by atoms with Crippen LogP contribution >= 0.6 is 0 Å². The van der Waals surface area contributed by atoms with Crippen molar-refractivity contribution < 1.29 is 13.2 Å². The van der Waals surface area contributed by atoms with Gasteiger partial charge in [0.1, 0.15) is 0 Å². The standard InChI is InChI=1S/C12H30N4O3S/c1-5-13-7-6-9-16(4)20(17,18)14-8-11-19-12-10-15(2)3/h13-14H,5-12H2,1-4H3. The average Bonchev–Trinajstić information content (AvgIpc) is 2.38. The molecule has 0 aliphatic rings. The number of hydrogen-bond donors (Lipinski definition) is 2. The predicted molar refractivity (Wildman–Crippen MR) is 82.1 cm³/mol. The second kappa shape index (κ2) is 11.4. The zero-order chi connectivity index (χ0) is 15.4. The van der Waals surface area contributed by atoms with Gasteiger partial charge < -0.3 is 15.0 Å². The molecule has 0 atom stereocenters. The van der Waals surface area contributed by atoms with Gasteiger partial charge in [-0.05, 0) is 33.6 Å². The van der Waals surface area contributed by atoms with Gasteiger partial charge in [-0.15, -0.1) is 0 Å². The average molecular weight is 310 g/mol. The van der Waals surface area contributed by atoms with E-state index in [-0.39, 0.29) is 0 Å². The van der Waals surface area contributed by atoms with Gasteiger partial charge in [0, 0.05) is 26.7 Å². The van der Waals surface area contributed by atoms with Crippen LogP contribution in [0.15, 0.2) is 0 Å². The summed E-state index contributed by atoms with van der Waals surface area (Å²) < 4.78 is 32.9. The summed E-state index contributed by atoms with van der Waals surface area (Å²) in [4.78, 5) is 2.02. The molecular formula is C12H30N4O3S. The number of rotatable bonds is 13. The van der Waals surface area contributed by atoms with Crippen molar-refractivity contribution in [3.8, 4) is 0 Å². The monoisotopic (exact) mass is 310 g/mol. The molecule has 0 saturated heterocycles. The molecule has 0 aliphatic carbocycles. The Morgan fingerprint density at radius 1 is 1.05 bits per heavy atom. The fraction of sp³-hybridized carbons (Fsp3) is 1.00. The molecule has 20 heavy (non-hydrogen) atoms. The molecule has 0 aromatic carbocycles. The summed E-state index contributed by atoms with van der Waals surface area (Å²) >= 11 is 0. The van der Waals surface area contributed by atoms with Gasteiger partial charge in [0.05, 0.1) is 13.2 Å². The van der Waals surface area contributed by atoms with Gasteiger partial charge in [-0.1, -0.05) is 6.92 Å². The molecule has 2 N–H and O–H groups in total. The molecule has 0 bridgehead atoms. The van der Waals surface area contributed by atoms with Crippen molar-refractivity contribution in [2.45, 2.75) is 13.3 Å². The zero-order valence-electron chi connectivity index (χ0n) is 13.2. The van der Waals surface area contributed by atoms with Crippen molar-refractivity contribution in [2.24, 2.45) is 0 Å². The summed E-state index contributed by atoms with van der Waals surface area (Å²) in [5, 5.41) is 3.16. The molecule has 0 unspecified atom stereocenters. The molecule has 0 aliphatic heterocycles. The van der Waals surface area contributed by atoms with Crippen molar-refractivity contribution in [3.05, 3.63) is 0 Å². The van der Waals surface area contributed by atoms with Crippen LogP contribution in [-0.2, 0) is 14.9 Å². The lowest BCUT2D eigenvalue weighted by Gasteiger charge is -2.18. The zero-order valence-corrected chi connectivity index (χ0v) is 14.0. The number of nitrogens with one attached hydrogen (secondary N) is 2. The van der Waals surface area contributed by atoms with Crippen LogP contribution < -0.4 is 10.0 Å². The Balaban J connectivity index is 3.71. The molecule has 122 valence electrons. The molecule has 0 aromatic rings. The summed E-state index contributed by atoms with van der Waals surface area (Å²) in [6.07, 6.45) is 0.796. The summed E-state index contributed by atoms with van der Waals surface area (Å²) in [5.41, 5.74) is 0. The van der Waals surface area contributed by atoms with Crippen molar-refractivity contribution in [3.63, 3.8) is 0 Å². The molecule has 0 amide bonds. The van der Waals surface area contributed by atoms with Crippen LogP contribution in [-0.4, -0.2) is 84.7 Å². The van der Waals surface area contributed by atoms with E-state index in [1.807, 2.05) is 25.9 Å². The molecule has 0 radical (unpaired) electrons. The lowest BCUT2D eigenvalue weighted by molar-refractivity contribution is 0.122. The summed E-state index contributed by atoms with van der Waals surface area (Å²) in [6.45, 7) is 6.38. The lowest BCUT2D eigenvalue weighted by atomic mass is 10.4. The van der Waals surface area contributed by atoms with E-state index < -0.39 is 10.2 Å². The summed E-state index contributed by atoms with van der Waals surface area (Å²) in [6, 6.07) is 0. The van der Waals surface area contributed by atoms with Crippen LogP contribution in [0.5, 0.6) is 0 Å². The highest BCUT2D eigenvalue weighted by Crippen LogP contribution is 1.95. The van der Waals surface area contributed by atoms with Gasteiger partial charge in [0.2, 0.25) is 0 Å². The Morgan fingerprint density at radius 3 is 2.35 bits per heavy atom. The topological polar surface area (TPSA) is 73.9 Å². The number of likely N-dealkylation sites (N-methyl/N-ethyl adjacent to an activating group) is 1. The van der Waals surface area contributed by atoms with E-state index in [9.17, 15) is 8.42 Å². The molecule has 0 fully saturated rings. The Labute approximate surface area is 123 Å². The van der Waals surface area contributed by atoms with Crippen LogP contribution in [0.2, 0.25) is 0 Å². The Morgan fingerprint density at radius 2 is 1.75 bits per heavy atom. The maximum absolute atomic E-state index is 11.9. The van der Waals surface area contributed by atoms with Crippen LogP contribution in [0.25, 0.3) is 0 Å². The van der Waals surface area contributed by atoms with Gasteiger partial charge in [-0.25, -0.2) is 0 Å². The third-order valence-corrected chi connectivity index (χ3v) is 4.27. The Kier molecular flexibility index (Phi) is 11.3. The first-order chi connectivity index (χ1) is 9.40. The van der Waals surface area contributed by atoms with E-state index in [1.165, 1.54) is 4.31 Å². The highest BCUT2D eigenvalue weighted by Gasteiger charge is 2.15. The van der Waals surface area contributed by atoms with Gasteiger partial charge in [0.25, 0.3) is 10.2 Å². The smallest absolute Gasteiger partial charge is 0.279 e. The van der Waals surface area contributed by atoms with Crippen molar-refractivity contribution in [1.82, 2.24) is 19.2 Å². The Bertz CT molecular complexity index is 323. The first-order valence-corrected chi connectivity index (χ1v) is 8.48. The molecule has 0 heterocycles. The third kappa shape index (κ3) is 10.5. The fourth-order valence-corrected chi connectivity index (χ4v) is 2.36. The van der Waals surface area contributed by atoms with Crippen molar-refractivity contribution in [1.29, 1.82) is 0 Å². The van der Waals surface area contributed by atoms with Gasteiger partial charge in [-0.3, -0.25) is 0 Å². The molecule has 8 heteroatoms. The van der Waals surface area contributed by atoms with E-state index in [4.69, 9.17) is 4.74 Å². The molecule has 0 spiro atoms. The summed E-state index contributed by atoms with van der Waals surface area (Å²) in [5.74, 6) is 0. The quantitative estimate of drug-likeness (QED) is 0.441. The molecule has 0 aromatic heterocycles. The molecular weight excluding hydrogens is 280 g/mol. The minimum Gasteiger partial charge on any atom is -0.379 e. The van der Waals surface area contributed by atoms with Crippen molar-refractivity contribution >= 4 is 10.2 Å². The minimum absolute atomic E-state index is 0.299. The van der Waals surface area contributed by atoms with Crippen LogP contribution in [0.3, 0.4) is 0 Å². The van der Waals surface area contributed by atoms with E-state index in [0.29, 0.717) is 26.3 Å². The van der Waals surface area contributed by atoms with Gasteiger partial charge >= 0.3 is 0 Å². The first-order valence-electron chi connectivity index (χ1n) is 7.04. The minimum atomic E-state index is -3.39. The highest BCUT2D eigenvalue weighted by atomic mass is 32.2. The Hall–Kier alpha value is -0.250. The summed E-state index contributed by atoms with van der Waals surface area (Å²) in [7, 11) is 2.13. The number of ether oxygens (including phenoxy) is 1. The van der Waals surface area contributed by atoms with E-state index in [2.05, 4.69) is 10.0 Å². The van der Waals surface area contributed by atoms with Crippen LogP contribution in [0.1, 0.15) is 13.3 Å². The largest absolute Gasteiger partial charge is 0.379 e. The predicted octanol–water partition coefficient (Wildman–Crippen LogP) is -0.670. The van der Waals surface area contributed by atoms with Crippen molar-refractivity contribution in [2.75, 3.05) is 67.1 Å². The highest BCUT2D eigenvalue weighted by molar-refractivity contribution is 7.87. The van der Waals surface area contributed by atoms with E-state index >= 15 is 0 Å². The van der Waals surface area contributed by atoms with Gasteiger partial charge in [0.15, 0.2) is 0 Å². The second-order valence-corrected chi connectivity index (χ2v) is 6.71. The van der Waals surface area contributed by atoms with Crippen LogP contribution in [0, 0.1) is 0 Å². The SMILES string of the molecule is CCNCCCN(C)S(=O)(=O)NCCOCCN(C)C. The molecule has 0 rings (SSSR count). The van der Waals surface area contributed by atoms with Crippen LogP contribution in [0.4, 0.5) is 0 Å². The first kappa shape index (κ1) is 19.8. The lowest BCUT2D eigenvalue weighted by Crippen LogP contribution is -2.40. The number of nitrogens with zero attached hydrogens (tertiary/aromatic N) is 2.